The number of para-hydroxylation sites is 2. The summed E-state index contributed by atoms with van der Waals surface area (Å²) in [6.07, 6.45) is 0.984. The van der Waals surface area contributed by atoms with E-state index in [1.165, 1.54) is 4.90 Å². The number of hydrogen-bond donors (Lipinski definition) is 1. The fourth-order valence-electron chi connectivity index (χ4n) is 2.23. The Bertz CT molecular complexity index is 586. The van der Waals surface area contributed by atoms with Gasteiger partial charge in [-0.15, -0.1) is 0 Å². The van der Waals surface area contributed by atoms with Crippen molar-refractivity contribution in [2.75, 3.05) is 13.2 Å². The van der Waals surface area contributed by atoms with Gasteiger partial charge in [0.2, 0.25) is 0 Å². The van der Waals surface area contributed by atoms with E-state index in [0.29, 0.717) is 11.5 Å². The average molecular weight is 320 g/mol. The molecule has 1 aliphatic rings. The van der Waals surface area contributed by atoms with Gasteiger partial charge in [-0.2, -0.15) is 0 Å². The first-order chi connectivity index (χ1) is 10.8. The van der Waals surface area contributed by atoms with E-state index in [4.69, 9.17) is 9.47 Å². The molecule has 2 rings (SSSR count). The van der Waals surface area contributed by atoms with Crippen molar-refractivity contribution in [3.63, 3.8) is 0 Å². The number of imide groups is 1. The fourth-order valence-corrected chi connectivity index (χ4v) is 2.23. The lowest BCUT2D eigenvalue weighted by molar-refractivity contribution is -0.130. The first-order valence-corrected chi connectivity index (χ1v) is 7.87. The third-order valence-electron chi connectivity index (χ3n) is 3.77. The molecule has 0 saturated carbocycles. The molecular weight excluding hydrogens is 296 g/mol. The Labute approximate surface area is 136 Å². The number of urea groups is 1. The summed E-state index contributed by atoms with van der Waals surface area (Å²) in [5, 5.41) is 2.64. The number of carbonyl (C=O) groups excluding carboxylic acids is 2. The van der Waals surface area contributed by atoms with Crippen molar-refractivity contribution >= 4 is 11.9 Å². The van der Waals surface area contributed by atoms with Gasteiger partial charge in [-0.3, -0.25) is 9.69 Å². The summed E-state index contributed by atoms with van der Waals surface area (Å²) < 4.78 is 11.5. The highest BCUT2D eigenvalue weighted by Gasteiger charge is 2.43. The molecule has 1 N–H and O–H groups in total. The lowest BCUT2D eigenvalue weighted by Crippen LogP contribution is -2.40. The highest BCUT2D eigenvalue weighted by molar-refractivity contribution is 6.06. The van der Waals surface area contributed by atoms with Gasteiger partial charge in [0.1, 0.15) is 12.1 Å². The highest BCUT2D eigenvalue weighted by atomic mass is 16.5. The van der Waals surface area contributed by atoms with E-state index in [9.17, 15) is 9.59 Å². The summed E-state index contributed by atoms with van der Waals surface area (Å²) in [5.74, 6) is 1.04. The fraction of sp³-hybridized carbons (Fsp3) is 0.529. The lowest BCUT2D eigenvalue weighted by atomic mass is 10.1. The molecule has 1 aromatic rings. The van der Waals surface area contributed by atoms with Crippen LogP contribution in [0.25, 0.3) is 0 Å². The van der Waals surface area contributed by atoms with Crippen molar-refractivity contribution in [1.82, 2.24) is 10.2 Å². The summed E-state index contributed by atoms with van der Waals surface area (Å²) >= 11 is 0. The van der Waals surface area contributed by atoms with Crippen LogP contribution < -0.4 is 14.8 Å². The van der Waals surface area contributed by atoms with Crippen LogP contribution in [0.2, 0.25) is 0 Å². The standard InChI is InChI=1S/C17H24N2O4/c1-5-12(2)23-14-9-7-6-8-13(14)22-11-10-19-15(20)17(3,4)18-16(19)21/h6-9,12H,5,10-11H2,1-4H3,(H,18,21)/t12-/m1/s1. The van der Waals surface area contributed by atoms with Gasteiger partial charge >= 0.3 is 6.03 Å². The van der Waals surface area contributed by atoms with Crippen molar-refractivity contribution < 1.29 is 19.1 Å². The number of nitrogens with zero attached hydrogens (tertiary/aromatic N) is 1. The zero-order chi connectivity index (χ0) is 17.0. The second-order valence-corrected chi connectivity index (χ2v) is 6.14. The summed E-state index contributed by atoms with van der Waals surface area (Å²) in [6.45, 7) is 7.83. The van der Waals surface area contributed by atoms with Crippen molar-refractivity contribution in [2.45, 2.75) is 45.8 Å². The summed E-state index contributed by atoms with van der Waals surface area (Å²) in [6, 6.07) is 7.01. The quantitative estimate of drug-likeness (QED) is 0.784. The van der Waals surface area contributed by atoms with E-state index in [1.54, 1.807) is 13.8 Å². The molecule has 1 saturated heterocycles. The first-order valence-electron chi connectivity index (χ1n) is 7.87. The van der Waals surface area contributed by atoms with E-state index in [-0.39, 0.29) is 31.2 Å². The molecule has 23 heavy (non-hydrogen) atoms. The van der Waals surface area contributed by atoms with Crippen LogP contribution in [0.1, 0.15) is 34.1 Å². The molecule has 0 bridgehead atoms. The van der Waals surface area contributed by atoms with E-state index in [1.807, 2.05) is 38.1 Å². The Morgan fingerprint density at radius 1 is 1.22 bits per heavy atom. The summed E-state index contributed by atoms with van der Waals surface area (Å²) in [7, 11) is 0. The zero-order valence-corrected chi connectivity index (χ0v) is 14.1. The number of ether oxygens (including phenoxy) is 2. The maximum atomic E-state index is 12.1. The van der Waals surface area contributed by atoms with Crippen molar-refractivity contribution in [1.29, 1.82) is 0 Å². The molecule has 1 heterocycles. The molecule has 0 unspecified atom stereocenters. The highest BCUT2D eigenvalue weighted by Crippen LogP contribution is 2.28. The Balaban J connectivity index is 1.94. The molecule has 0 aromatic heterocycles. The van der Waals surface area contributed by atoms with Crippen LogP contribution >= 0.6 is 0 Å². The summed E-state index contributed by atoms with van der Waals surface area (Å²) in [4.78, 5) is 25.1. The predicted octanol–water partition coefficient (Wildman–Crippen LogP) is 2.57. The number of nitrogens with one attached hydrogen (secondary N) is 1. The zero-order valence-electron chi connectivity index (χ0n) is 14.1. The Morgan fingerprint density at radius 2 is 1.87 bits per heavy atom. The monoisotopic (exact) mass is 320 g/mol. The van der Waals surface area contributed by atoms with Gasteiger partial charge < -0.3 is 14.8 Å². The second-order valence-electron chi connectivity index (χ2n) is 6.14. The Hall–Kier alpha value is -2.24. The Morgan fingerprint density at radius 3 is 2.43 bits per heavy atom. The van der Waals surface area contributed by atoms with Crippen LogP contribution in [0.5, 0.6) is 11.5 Å². The van der Waals surface area contributed by atoms with Gasteiger partial charge in [0.15, 0.2) is 11.5 Å². The van der Waals surface area contributed by atoms with E-state index < -0.39 is 5.54 Å². The number of benzene rings is 1. The maximum Gasteiger partial charge on any atom is 0.325 e. The van der Waals surface area contributed by atoms with Crippen LogP contribution in [0.4, 0.5) is 4.79 Å². The third kappa shape index (κ3) is 3.94. The minimum Gasteiger partial charge on any atom is -0.488 e. The lowest BCUT2D eigenvalue weighted by Gasteiger charge is -2.18. The number of hydrogen-bond acceptors (Lipinski definition) is 4. The first kappa shape index (κ1) is 17.1. The van der Waals surface area contributed by atoms with Crippen LogP contribution in [-0.4, -0.2) is 41.6 Å². The van der Waals surface area contributed by atoms with Gasteiger partial charge in [-0.25, -0.2) is 4.79 Å². The minimum absolute atomic E-state index is 0.0893. The van der Waals surface area contributed by atoms with Gasteiger partial charge in [-0.1, -0.05) is 19.1 Å². The van der Waals surface area contributed by atoms with Crippen LogP contribution in [0.3, 0.4) is 0 Å². The predicted molar refractivity (Wildman–Crippen MR) is 86.6 cm³/mol. The van der Waals surface area contributed by atoms with Crippen LogP contribution in [0.15, 0.2) is 24.3 Å². The molecule has 1 atom stereocenters. The average Bonchev–Trinajstić information content (AvgIpc) is 2.70. The smallest absolute Gasteiger partial charge is 0.325 e. The third-order valence-corrected chi connectivity index (χ3v) is 3.77. The number of rotatable bonds is 7. The molecule has 1 aliphatic heterocycles. The van der Waals surface area contributed by atoms with Crippen LogP contribution in [0, 0.1) is 0 Å². The molecule has 6 nitrogen and oxygen atoms in total. The molecule has 1 fully saturated rings. The van der Waals surface area contributed by atoms with Crippen LogP contribution in [-0.2, 0) is 4.79 Å². The molecule has 0 radical (unpaired) electrons. The molecule has 3 amide bonds. The van der Waals surface area contributed by atoms with Gasteiger partial charge in [0.05, 0.1) is 12.6 Å². The largest absolute Gasteiger partial charge is 0.488 e. The van der Waals surface area contributed by atoms with Gasteiger partial charge in [-0.05, 0) is 39.3 Å². The molecule has 0 aliphatic carbocycles. The topological polar surface area (TPSA) is 67.9 Å². The number of amides is 3. The maximum absolute atomic E-state index is 12.1. The molecular formula is C17H24N2O4. The Kier molecular flexibility index (Phi) is 5.13. The van der Waals surface area contributed by atoms with Gasteiger partial charge in [0.25, 0.3) is 5.91 Å². The minimum atomic E-state index is -0.853. The SMILES string of the molecule is CC[C@@H](C)Oc1ccccc1OCCN1C(=O)NC(C)(C)C1=O. The second kappa shape index (κ2) is 6.89. The van der Waals surface area contributed by atoms with E-state index in [2.05, 4.69) is 5.32 Å². The van der Waals surface area contributed by atoms with Gasteiger partial charge in [0, 0.05) is 0 Å². The van der Waals surface area contributed by atoms with E-state index in [0.717, 1.165) is 6.42 Å². The van der Waals surface area contributed by atoms with Crippen molar-refractivity contribution in [3.8, 4) is 11.5 Å². The summed E-state index contributed by atoms with van der Waals surface area (Å²) in [5.41, 5.74) is -0.853. The molecule has 6 heteroatoms. The van der Waals surface area contributed by atoms with Crippen molar-refractivity contribution in [3.05, 3.63) is 24.3 Å². The normalized spacial score (nSPS) is 17.8. The van der Waals surface area contributed by atoms with Crippen molar-refractivity contribution in [2.24, 2.45) is 0 Å². The molecule has 126 valence electrons. The number of carbonyl (C=O) groups is 2. The van der Waals surface area contributed by atoms with E-state index >= 15 is 0 Å². The molecule has 1 aromatic carbocycles. The molecule has 0 spiro atoms.